The predicted molar refractivity (Wildman–Crippen MR) is 128 cm³/mol. The number of carbonyl (C=O) groups is 2. The molecule has 0 unspecified atom stereocenters. The normalized spacial score (nSPS) is 10.6. The van der Waals surface area contributed by atoms with Gasteiger partial charge in [-0.1, -0.05) is 24.9 Å². The van der Waals surface area contributed by atoms with Gasteiger partial charge in [-0.05, 0) is 44.5 Å². The molecule has 0 bridgehead atoms. The number of hydrogen-bond donors (Lipinski definition) is 4. The highest BCUT2D eigenvalue weighted by Crippen LogP contribution is 2.23. The first kappa shape index (κ1) is 26.3. The van der Waals surface area contributed by atoms with Crippen LogP contribution >= 0.6 is 11.6 Å². The van der Waals surface area contributed by atoms with E-state index in [1.165, 1.54) is 22.9 Å². The molecule has 9 nitrogen and oxygen atoms in total. The smallest absolute Gasteiger partial charge is 0.341 e. The molecule has 0 saturated carbocycles. The van der Waals surface area contributed by atoms with E-state index in [9.17, 15) is 19.5 Å². The molecule has 0 aliphatic carbocycles. The molecule has 0 spiro atoms. The number of benzene rings is 1. The van der Waals surface area contributed by atoms with Crippen LogP contribution in [-0.4, -0.2) is 38.5 Å². The fourth-order valence-corrected chi connectivity index (χ4v) is 3.09. The number of nitrogens with zero attached hydrogens (tertiary/aromatic N) is 2. The first-order valence-electron chi connectivity index (χ1n) is 10.3. The average molecular weight is 487 g/mol. The van der Waals surface area contributed by atoms with Crippen LogP contribution in [0.25, 0.3) is 5.69 Å². The van der Waals surface area contributed by atoms with E-state index in [1.807, 2.05) is 6.92 Å². The van der Waals surface area contributed by atoms with E-state index in [0.717, 1.165) is 12.8 Å². The summed E-state index contributed by atoms with van der Waals surface area (Å²) in [6.07, 6.45) is 6.45. The highest BCUT2D eigenvalue weighted by atomic mass is 35.5. The monoisotopic (exact) mass is 486 g/mol. The molecule has 10 heteroatoms. The lowest BCUT2D eigenvalue weighted by Crippen LogP contribution is -2.39. The van der Waals surface area contributed by atoms with Gasteiger partial charge in [-0.2, -0.15) is 4.57 Å². The molecule has 0 aliphatic heterocycles. The number of unbranched alkanes of at least 4 members (excludes halogenated alkanes) is 1. The van der Waals surface area contributed by atoms with Crippen molar-refractivity contribution < 1.29 is 29.5 Å². The number of aromatic amines is 1. The Morgan fingerprint density at radius 1 is 1.15 bits per heavy atom. The number of pyridine rings is 2. The highest BCUT2D eigenvalue weighted by Gasteiger charge is 2.21. The molecule has 0 aliphatic rings. The maximum atomic E-state index is 11.9. The number of carboxylic acid groups (broad SMARTS) is 2. The van der Waals surface area contributed by atoms with Gasteiger partial charge in [0.25, 0.3) is 5.69 Å². The Kier molecular flexibility index (Phi) is 9.09. The summed E-state index contributed by atoms with van der Waals surface area (Å²) in [5, 5.41) is 27.9. The fourth-order valence-electron chi connectivity index (χ4n) is 2.92. The molecule has 0 radical (unpaired) electrons. The summed E-state index contributed by atoms with van der Waals surface area (Å²) in [6.45, 7) is 5.40. The first-order valence-corrected chi connectivity index (χ1v) is 10.7. The molecule has 0 amide bonds. The van der Waals surface area contributed by atoms with Crippen molar-refractivity contribution in [1.82, 2.24) is 4.98 Å². The third-order valence-corrected chi connectivity index (χ3v) is 5.10. The summed E-state index contributed by atoms with van der Waals surface area (Å²) in [4.78, 5) is 40.1. The third-order valence-electron chi connectivity index (χ3n) is 4.86. The second-order valence-corrected chi connectivity index (χ2v) is 7.71. The largest absolute Gasteiger partial charge is 0.494 e. The van der Waals surface area contributed by atoms with E-state index in [0.29, 0.717) is 27.5 Å². The minimum atomic E-state index is -1.07. The van der Waals surface area contributed by atoms with Crippen molar-refractivity contribution in [3.8, 4) is 11.6 Å². The van der Waals surface area contributed by atoms with Crippen LogP contribution in [-0.2, 0) is 0 Å². The number of carboxylic acids is 2. The van der Waals surface area contributed by atoms with Gasteiger partial charge in [0.2, 0.25) is 0 Å². The molecule has 0 saturated heterocycles. The molecule has 1 aromatic carbocycles. The molecule has 178 valence electrons. The second kappa shape index (κ2) is 11.8. The van der Waals surface area contributed by atoms with Crippen molar-refractivity contribution in [3.63, 3.8) is 0 Å². The molecule has 2 heterocycles. The van der Waals surface area contributed by atoms with Crippen LogP contribution in [0.4, 0.5) is 5.69 Å². The highest BCUT2D eigenvalue weighted by molar-refractivity contribution is 6.31. The van der Waals surface area contributed by atoms with Crippen molar-refractivity contribution in [2.45, 2.75) is 33.6 Å². The molecule has 0 fully saturated rings. The number of aromatic carboxylic acids is 2. The van der Waals surface area contributed by atoms with Gasteiger partial charge in [-0.25, -0.2) is 9.59 Å². The molecular weight excluding hydrogens is 462 g/mol. The summed E-state index contributed by atoms with van der Waals surface area (Å²) in [5.74, 6) is -2.24. The Morgan fingerprint density at radius 2 is 1.85 bits per heavy atom. The number of halogens is 1. The lowest BCUT2D eigenvalue weighted by atomic mass is 10.1. The average Bonchev–Trinajstić information content (AvgIpc) is 2.78. The summed E-state index contributed by atoms with van der Waals surface area (Å²) in [6, 6.07) is 7.55. The molecule has 3 aromatic rings. The van der Waals surface area contributed by atoms with E-state index < -0.39 is 17.5 Å². The Bertz CT molecular complexity index is 1300. The van der Waals surface area contributed by atoms with Gasteiger partial charge in [-0.15, -0.1) is 0 Å². The molecule has 34 heavy (non-hydrogen) atoms. The molecule has 0 atom stereocenters. The number of aromatic nitrogens is 2. The summed E-state index contributed by atoms with van der Waals surface area (Å²) >= 11 is 5.77. The van der Waals surface area contributed by atoms with Crippen molar-refractivity contribution in [3.05, 3.63) is 80.4 Å². The van der Waals surface area contributed by atoms with Crippen LogP contribution in [0.3, 0.4) is 0 Å². The van der Waals surface area contributed by atoms with Gasteiger partial charge >= 0.3 is 17.5 Å². The quantitative estimate of drug-likeness (QED) is 0.303. The van der Waals surface area contributed by atoms with Crippen molar-refractivity contribution >= 4 is 35.4 Å². The number of nitrogens with one attached hydrogen (secondary N) is 1. The Balaban J connectivity index is 0.000000248. The fraction of sp³-hybridized carbons (Fsp3) is 0.208. The van der Waals surface area contributed by atoms with E-state index >= 15 is 0 Å². The third kappa shape index (κ3) is 6.52. The number of hydrogen-bond acceptors (Lipinski definition) is 5. The number of aromatic hydroxyl groups is 1. The summed E-state index contributed by atoms with van der Waals surface area (Å²) in [5.41, 5.74) is 1.60. The van der Waals surface area contributed by atoms with Crippen LogP contribution < -0.4 is 10.1 Å². The standard InChI is InChI=1S/C13H12N2O4.C11H12ClNO2/c1-7-8(2)11(16)14-12(17)10(7)15-5-3-4-9(6-15)13(18)19;1-2-3-6-13-10-7-8(12)4-5-9(10)11(14)15/h3-6H,1-2H3,(H2-,14,16,17,18,19);4-7H,2-3H2,1H3,(H,14,15)/p+1. The predicted octanol–water partition coefficient (Wildman–Crippen LogP) is 4.21. The maximum Gasteiger partial charge on any atom is 0.341 e. The lowest BCUT2D eigenvalue weighted by molar-refractivity contribution is -0.597. The zero-order valence-corrected chi connectivity index (χ0v) is 19.6. The summed E-state index contributed by atoms with van der Waals surface area (Å²) in [7, 11) is 0. The Hall–Kier alpha value is -3.98. The zero-order valence-electron chi connectivity index (χ0n) is 18.9. The number of rotatable bonds is 6. The topological polar surface area (TPSA) is 144 Å². The van der Waals surface area contributed by atoms with Crippen molar-refractivity contribution in [1.29, 1.82) is 0 Å². The molecule has 4 N–H and O–H groups in total. The van der Waals surface area contributed by atoms with Crippen LogP contribution in [0.1, 0.15) is 51.6 Å². The number of aliphatic imine (C=N–C) groups is 1. The molecular formula is C24H25ClN3O6+. The van der Waals surface area contributed by atoms with Gasteiger partial charge in [0.05, 0.1) is 11.3 Å². The van der Waals surface area contributed by atoms with Gasteiger partial charge in [0.15, 0.2) is 18.3 Å². The van der Waals surface area contributed by atoms with E-state index in [4.69, 9.17) is 21.8 Å². The Labute approximate surface area is 200 Å². The number of H-pyrrole nitrogens is 1. The van der Waals surface area contributed by atoms with Crippen molar-refractivity contribution in [2.24, 2.45) is 4.99 Å². The molecule has 3 rings (SSSR count). The SMILES string of the molecule is CCCC=Nc1cc(Cl)ccc1C(=O)O.Cc1c(O)[nH]c(=O)c(-[n+]2cccc(C(=O)O)c2)c1C. The van der Waals surface area contributed by atoms with Gasteiger partial charge < -0.3 is 15.3 Å². The molecule has 2 aromatic heterocycles. The van der Waals surface area contributed by atoms with Gasteiger partial charge in [0, 0.05) is 28.4 Å². The second-order valence-electron chi connectivity index (χ2n) is 7.27. The zero-order chi connectivity index (χ0) is 25.4. The van der Waals surface area contributed by atoms with Crippen LogP contribution in [0, 0.1) is 13.8 Å². The van der Waals surface area contributed by atoms with E-state index in [2.05, 4.69) is 9.98 Å². The van der Waals surface area contributed by atoms with Crippen LogP contribution in [0.15, 0.2) is 52.5 Å². The maximum absolute atomic E-state index is 11.9. The van der Waals surface area contributed by atoms with Gasteiger partial charge in [0.1, 0.15) is 5.56 Å². The van der Waals surface area contributed by atoms with E-state index in [-0.39, 0.29) is 17.0 Å². The minimum Gasteiger partial charge on any atom is -0.494 e. The van der Waals surface area contributed by atoms with Crippen molar-refractivity contribution in [2.75, 3.05) is 0 Å². The first-order chi connectivity index (χ1) is 16.1. The van der Waals surface area contributed by atoms with E-state index in [1.54, 1.807) is 44.5 Å². The minimum absolute atomic E-state index is 0.0760. The van der Waals surface area contributed by atoms with Crippen LogP contribution in [0.5, 0.6) is 5.88 Å². The van der Waals surface area contributed by atoms with Crippen LogP contribution in [0.2, 0.25) is 5.02 Å². The van der Waals surface area contributed by atoms with Gasteiger partial charge in [-0.3, -0.25) is 14.8 Å². The Morgan fingerprint density at radius 3 is 2.47 bits per heavy atom. The summed E-state index contributed by atoms with van der Waals surface area (Å²) < 4.78 is 1.43. The lowest BCUT2D eigenvalue weighted by Gasteiger charge is -2.05.